The molecule has 4 nitrogen and oxygen atoms in total. The van der Waals surface area contributed by atoms with Gasteiger partial charge in [0.15, 0.2) is 5.78 Å². The highest BCUT2D eigenvalue weighted by atomic mass is 35.5. The third-order valence-corrected chi connectivity index (χ3v) is 5.15. The van der Waals surface area contributed by atoms with Gasteiger partial charge in [-0.3, -0.25) is 4.79 Å². The summed E-state index contributed by atoms with van der Waals surface area (Å²) in [5, 5.41) is 1.52. The first-order valence-electron chi connectivity index (χ1n) is 12.1. The Morgan fingerprint density at radius 3 is 2.67 bits per heavy atom. The van der Waals surface area contributed by atoms with Crippen molar-refractivity contribution in [3.05, 3.63) is 112 Å². The van der Waals surface area contributed by atoms with Crippen LogP contribution in [0.3, 0.4) is 0 Å². The van der Waals surface area contributed by atoms with Gasteiger partial charge in [0, 0.05) is 27.8 Å². The van der Waals surface area contributed by atoms with Gasteiger partial charge in [0.1, 0.15) is 0 Å². The molecule has 0 N–H and O–H groups in total. The first kappa shape index (κ1) is 17.8. The topological polar surface area (TPSA) is 56.3 Å². The van der Waals surface area contributed by atoms with Crippen LogP contribution in [0.1, 0.15) is 49.4 Å². The zero-order chi connectivity index (χ0) is 26.8. The van der Waals surface area contributed by atoms with E-state index < -0.39 is 24.5 Å². The maximum atomic E-state index is 13.3. The van der Waals surface area contributed by atoms with Gasteiger partial charge in [0.2, 0.25) is 0 Å². The maximum Gasteiger partial charge on any atom is 0.338 e. The molecule has 1 aromatic heterocycles. The number of pyridine rings is 1. The minimum absolute atomic E-state index is 0.00942. The molecule has 0 unspecified atom stereocenters. The number of fused-ring (bicyclic) bond motifs is 1. The smallest absolute Gasteiger partial charge is 0.338 e. The first-order chi connectivity index (χ1) is 17.5. The molecule has 0 fully saturated rings. The van der Waals surface area contributed by atoms with Crippen LogP contribution < -0.4 is 0 Å². The molecule has 4 aromatic rings. The summed E-state index contributed by atoms with van der Waals surface area (Å²) in [4.78, 5) is 30.0. The van der Waals surface area contributed by atoms with E-state index in [1.54, 1.807) is 36.4 Å². The largest absolute Gasteiger partial charge is 0.465 e. The van der Waals surface area contributed by atoms with Crippen LogP contribution in [0.15, 0.2) is 78.9 Å². The highest BCUT2D eigenvalue weighted by Crippen LogP contribution is 2.20. The molecule has 0 amide bonds. The fourth-order valence-electron chi connectivity index (χ4n) is 3.24. The number of carbonyl (C=O) groups is 2. The van der Waals surface area contributed by atoms with E-state index in [9.17, 15) is 9.59 Å². The fraction of sp³-hybridized carbons (Fsp3) is 0.107. The van der Waals surface area contributed by atoms with Crippen LogP contribution in [0.2, 0.25) is 5.02 Å². The van der Waals surface area contributed by atoms with Gasteiger partial charge < -0.3 is 4.74 Å². The lowest BCUT2D eigenvalue weighted by molar-refractivity contribution is 0.0599. The molecule has 33 heavy (non-hydrogen) atoms. The maximum absolute atomic E-state index is 13.3. The lowest BCUT2D eigenvalue weighted by Gasteiger charge is -2.07. The first-order valence-corrected chi connectivity index (χ1v) is 10.5. The predicted octanol–water partition coefficient (Wildman–Crippen LogP) is 6.66. The van der Waals surface area contributed by atoms with E-state index in [4.69, 9.17) is 21.8 Å². The molecule has 0 saturated heterocycles. The van der Waals surface area contributed by atoms with Crippen LogP contribution in [-0.4, -0.2) is 23.8 Å². The highest BCUT2D eigenvalue weighted by Gasteiger charge is 2.13. The van der Waals surface area contributed by atoms with Gasteiger partial charge in [0.05, 0.1) is 23.9 Å². The van der Waals surface area contributed by atoms with Gasteiger partial charge in [-0.05, 0) is 53.9 Å². The number of carbonyl (C=O) groups excluding carboxylic acids is 2. The van der Waals surface area contributed by atoms with Crippen molar-refractivity contribution >= 4 is 46.4 Å². The van der Waals surface area contributed by atoms with Crippen molar-refractivity contribution in [1.29, 1.82) is 0 Å². The molecule has 0 radical (unpaired) electrons. The third-order valence-electron chi connectivity index (χ3n) is 4.91. The zero-order valence-corrected chi connectivity index (χ0v) is 18.5. The summed E-state index contributed by atoms with van der Waals surface area (Å²) in [5.74, 6) is -1.87. The summed E-state index contributed by atoms with van der Waals surface area (Å²) in [7, 11) is 1.15. The Balaban J connectivity index is 1.63. The number of Topliss-reactive ketones (excluding diaryl/α,β-unsaturated/α-hetero) is 1. The minimum Gasteiger partial charge on any atom is -0.465 e. The lowest BCUT2D eigenvalue weighted by Crippen LogP contribution is -2.08. The predicted molar refractivity (Wildman–Crippen MR) is 133 cm³/mol. The van der Waals surface area contributed by atoms with Gasteiger partial charge in [0.25, 0.3) is 0 Å². The van der Waals surface area contributed by atoms with Crippen LogP contribution in [0.25, 0.3) is 23.1 Å². The molecule has 0 aliphatic heterocycles. The van der Waals surface area contributed by atoms with Crippen LogP contribution in [0, 0.1) is 0 Å². The summed E-state index contributed by atoms with van der Waals surface area (Å²) in [6.07, 6.45) is -2.33. The van der Waals surface area contributed by atoms with E-state index in [1.807, 2.05) is 18.2 Å². The summed E-state index contributed by atoms with van der Waals surface area (Å²) < 4.78 is 38.7. The average Bonchev–Trinajstić information content (AvgIpc) is 2.90. The van der Waals surface area contributed by atoms with Crippen LogP contribution in [0.5, 0.6) is 0 Å². The van der Waals surface area contributed by atoms with Crippen molar-refractivity contribution in [2.75, 3.05) is 7.11 Å². The van der Waals surface area contributed by atoms with Gasteiger partial charge >= 0.3 is 5.97 Å². The van der Waals surface area contributed by atoms with Crippen LogP contribution in [0.4, 0.5) is 0 Å². The van der Waals surface area contributed by atoms with Crippen LogP contribution in [-0.2, 0) is 11.1 Å². The number of halogens is 1. The number of aromatic nitrogens is 1. The molecule has 0 aliphatic rings. The van der Waals surface area contributed by atoms with Crippen molar-refractivity contribution in [3.8, 4) is 0 Å². The Kier molecular flexibility index (Phi) is 5.51. The highest BCUT2D eigenvalue weighted by molar-refractivity contribution is 6.31. The molecule has 164 valence electrons. The standard InChI is InChI=1S/C28H22ClNO3/c1-33-28(32)25-8-3-2-6-20(25)12-16-27(31)22-7-4-5-19(17-22)9-14-24-15-11-21-10-13-23(29)18-26(21)30-24/h2-11,13-15,17-18H,12,16H2,1H3/b14-9+/i12D2,16D2. The molecule has 0 atom stereocenters. The molecule has 0 bridgehead atoms. The van der Waals surface area contributed by atoms with E-state index in [0.717, 1.165) is 18.0 Å². The van der Waals surface area contributed by atoms with Gasteiger partial charge in [-0.25, -0.2) is 9.78 Å². The molecule has 0 aliphatic carbocycles. The monoisotopic (exact) mass is 459 g/mol. The number of benzene rings is 3. The van der Waals surface area contributed by atoms with Crippen molar-refractivity contribution in [3.63, 3.8) is 0 Å². The summed E-state index contributed by atoms with van der Waals surface area (Å²) in [5.41, 5.74) is 1.58. The number of esters is 1. The van der Waals surface area contributed by atoms with Crippen molar-refractivity contribution < 1.29 is 19.8 Å². The number of hydrogen-bond acceptors (Lipinski definition) is 4. The number of rotatable bonds is 7. The van der Waals surface area contributed by atoms with E-state index in [2.05, 4.69) is 4.98 Å². The van der Waals surface area contributed by atoms with Crippen molar-refractivity contribution in [2.24, 2.45) is 0 Å². The Hall–Kier alpha value is -3.76. The summed E-state index contributed by atoms with van der Waals surface area (Å²) in [6, 6.07) is 21.0. The molecule has 0 saturated carbocycles. The second-order valence-electron chi connectivity index (χ2n) is 7.15. The van der Waals surface area contributed by atoms with E-state index >= 15 is 0 Å². The van der Waals surface area contributed by atoms with E-state index in [0.29, 0.717) is 16.3 Å². The Morgan fingerprint density at radius 2 is 1.82 bits per heavy atom. The van der Waals surface area contributed by atoms with Crippen molar-refractivity contribution in [2.45, 2.75) is 12.7 Å². The van der Waals surface area contributed by atoms with Crippen molar-refractivity contribution in [1.82, 2.24) is 4.98 Å². The van der Waals surface area contributed by atoms with Crippen LogP contribution >= 0.6 is 11.6 Å². The molecule has 0 spiro atoms. The second-order valence-corrected chi connectivity index (χ2v) is 7.58. The number of ether oxygens (including phenoxy) is 1. The Labute approximate surface area is 203 Å². The Morgan fingerprint density at radius 1 is 1.00 bits per heavy atom. The van der Waals surface area contributed by atoms with E-state index in [1.165, 1.54) is 36.4 Å². The number of methoxy groups -OCH3 is 1. The fourth-order valence-corrected chi connectivity index (χ4v) is 3.41. The summed E-state index contributed by atoms with van der Waals surface area (Å²) >= 11 is 6.06. The molecule has 3 aromatic carbocycles. The number of hydrogen-bond donors (Lipinski definition) is 0. The molecular formula is C28H22ClNO3. The third kappa shape index (κ3) is 5.54. The zero-order valence-electron chi connectivity index (χ0n) is 21.7. The van der Waals surface area contributed by atoms with Gasteiger partial charge in [-0.1, -0.05) is 66.2 Å². The minimum atomic E-state index is -2.99. The summed E-state index contributed by atoms with van der Waals surface area (Å²) in [6.45, 7) is 0. The molecule has 1 heterocycles. The molecular weight excluding hydrogens is 434 g/mol. The second kappa shape index (κ2) is 10.2. The number of ketones is 1. The SMILES string of the molecule is [2H]C([2H])(C(=O)c1cccc(/C=C/c2ccc3ccc(Cl)cc3n2)c1)C([2H])([2H])c1ccccc1C(=O)OC. The van der Waals surface area contributed by atoms with Gasteiger partial charge in [-0.15, -0.1) is 0 Å². The normalized spacial score (nSPS) is 13.8. The Bertz CT molecular complexity index is 1540. The van der Waals surface area contributed by atoms with Gasteiger partial charge in [-0.2, -0.15) is 0 Å². The average molecular weight is 460 g/mol. The molecule has 5 heteroatoms. The number of nitrogens with zero attached hydrogens (tertiary/aromatic N) is 1. The lowest BCUT2D eigenvalue weighted by atomic mass is 9.98. The van der Waals surface area contributed by atoms with E-state index in [-0.39, 0.29) is 16.7 Å². The number of aryl methyl sites for hydroxylation is 1. The quantitative estimate of drug-likeness (QED) is 0.229. The molecule has 4 rings (SSSR count).